The summed E-state index contributed by atoms with van der Waals surface area (Å²) in [5.41, 5.74) is 0.959. The second-order valence-corrected chi connectivity index (χ2v) is 7.80. The molecule has 0 aromatic carbocycles. The Bertz CT molecular complexity index is 693. The second kappa shape index (κ2) is 7.44. The molecule has 0 unspecified atom stereocenters. The number of rotatable bonds is 4. The molecule has 1 saturated heterocycles. The summed E-state index contributed by atoms with van der Waals surface area (Å²) in [5.74, 6) is 0.768. The predicted octanol–water partition coefficient (Wildman–Crippen LogP) is 2.35. The van der Waals surface area contributed by atoms with Crippen molar-refractivity contribution in [3.8, 4) is 10.6 Å². The van der Waals surface area contributed by atoms with Gasteiger partial charge in [-0.15, -0.1) is 11.3 Å². The number of aromatic nitrogens is 3. The minimum atomic E-state index is 0.106. The van der Waals surface area contributed by atoms with E-state index in [0.29, 0.717) is 10.8 Å². The van der Waals surface area contributed by atoms with Crippen LogP contribution in [0.15, 0.2) is 18.6 Å². The van der Waals surface area contributed by atoms with Crippen LogP contribution >= 0.6 is 11.3 Å². The van der Waals surface area contributed by atoms with Gasteiger partial charge in [0.25, 0.3) is 5.91 Å². The van der Waals surface area contributed by atoms with E-state index in [1.165, 1.54) is 11.3 Å². The lowest BCUT2D eigenvalue weighted by Gasteiger charge is -2.22. The lowest BCUT2D eigenvalue weighted by molar-refractivity contribution is 0.0765. The van der Waals surface area contributed by atoms with Gasteiger partial charge in [0.15, 0.2) is 0 Å². The smallest absolute Gasteiger partial charge is 0.265 e. The molecule has 0 radical (unpaired) electrons. The molecule has 2 aromatic heterocycles. The van der Waals surface area contributed by atoms with Crippen LogP contribution < -0.4 is 0 Å². The van der Waals surface area contributed by atoms with E-state index in [2.05, 4.69) is 28.8 Å². The molecule has 3 heterocycles. The number of carbonyl (C=O) groups excluding carboxylic acids is 1. The van der Waals surface area contributed by atoms with Gasteiger partial charge in [-0.25, -0.2) is 4.98 Å². The molecule has 6 nitrogen and oxygen atoms in total. The van der Waals surface area contributed by atoms with Crippen LogP contribution in [0.1, 0.15) is 29.9 Å². The molecule has 0 aliphatic carbocycles. The standard InChI is InChI=1S/C17H25N5OS/c1-13(2)11-21-5-4-6-22(8-7-21)17(23)15-10-18-16(24-15)14-9-19-20(3)12-14/h9-10,12-13H,4-8,11H2,1-3H3. The van der Waals surface area contributed by atoms with Crippen LogP contribution in [-0.4, -0.2) is 63.2 Å². The van der Waals surface area contributed by atoms with Gasteiger partial charge in [-0.05, 0) is 18.9 Å². The quantitative estimate of drug-likeness (QED) is 0.852. The third kappa shape index (κ3) is 4.02. The maximum absolute atomic E-state index is 12.8. The SMILES string of the molecule is CC(C)CN1CCCN(C(=O)c2cnc(-c3cnn(C)c3)s2)CC1. The second-order valence-electron chi connectivity index (χ2n) is 6.77. The molecular weight excluding hydrogens is 322 g/mol. The molecule has 0 spiro atoms. The highest BCUT2D eigenvalue weighted by atomic mass is 32.1. The van der Waals surface area contributed by atoms with E-state index in [1.54, 1.807) is 17.1 Å². The van der Waals surface area contributed by atoms with Gasteiger partial charge in [-0.1, -0.05) is 13.8 Å². The first-order chi connectivity index (χ1) is 11.5. The minimum absolute atomic E-state index is 0.106. The summed E-state index contributed by atoms with van der Waals surface area (Å²) in [6.45, 7) is 9.24. The van der Waals surface area contributed by atoms with Gasteiger partial charge in [-0.2, -0.15) is 5.10 Å². The maximum atomic E-state index is 12.8. The van der Waals surface area contributed by atoms with Crippen LogP contribution in [-0.2, 0) is 7.05 Å². The highest BCUT2D eigenvalue weighted by Gasteiger charge is 2.22. The number of thiazole rings is 1. The largest absolute Gasteiger partial charge is 0.337 e. The molecule has 0 bridgehead atoms. The summed E-state index contributed by atoms with van der Waals surface area (Å²) in [7, 11) is 1.88. The molecule has 0 saturated carbocycles. The van der Waals surface area contributed by atoms with Crippen molar-refractivity contribution in [1.82, 2.24) is 24.6 Å². The van der Waals surface area contributed by atoms with Crippen LogP contribution in [0, 0.1) is 5.92 Å². The highest BCUT2D eigenvalue weighted by molar-refractivity contribution is 7.16. The summed E-state index contributed by atoms with van der Waals surface area (Å²) in [5, 5.41) is 5.01. The van der Waals surface area contributed by atoms with Gasteiger partial charge in [0.05, 0.1) is 12.4 Å². The average Bonchev–Trinajstić information content (AvgIpc) is 3.12. The van der Waals surface area contributed by atoms with E-state index in [9.17, 15) is 4.79 Å². The van der Waals surface area contributed by atoms with E-state index in [4.69, 9.17) is 0 Å². The van der Waals surface area contributed by atoms with Crippen LogP contribution in [0.3, 0.4) is 0 Å². The molecular formula is C17H25N5OS. The van der Waals surface area contributed by atoms with E-state index in [1.807, 2.05) is 18.1 Å². The molecule has 0 N–H and O–H groups in total. The first-order valence-corrected chi connectivity index (χ1v) is 9.31. The molecule has 1 fully saturated rings. The Labute approximate surface area is 147 Å². The van der Waals surface area contributed by atoms with E-state index >= 15 is 0 Å². The Morgan fingerprint density at radius 1 is 1.25 bits per heavy atom. The number of aryl methyl sites for hydroxylation is 1. The Morgan fingerprint density at radius 2 is 2.08 bits per heavy atom. The molecule has 130 valence electrons. The van der Waals surface area contributed by atoms with Crippen LogP contribution in [0.4, 0.5) is 0 Å². The maximum Gasteiger partial charge on any atom is 0.265 e. The molecule has 0 atom stereocenters. The number of hydrogen-bond acceptors (Lipinski definition) is 5. The first-order valence-electron chi connectivity index (χ1n) is 8.49. The molecule has 2 aromatic rings. The summed E-state index contributed by atoms with van der Waals surface area (Å²) in [6, 6.07) is 0. The van der Waals surface area contributed by atoms with Crippen molar-refractivity contribution in [2.45, 2.75) is 20.3 Å². The van der Waals surface area contributed by atoms with E-state index in [0.717, 1.165) is 49.7 Å². The van der Waals surface area contributed by atoms with Gasteiger partial charge < -0.3 is 9.80 Å². The summed E-state index contributed by atoms with van der Waals surface area (Å²) in [4.78, 5) is 22.3. The lowest BCUT2D eigenvalue weighted by atomic mass is 10.2. The summed E-state index contributed by atoms with van der Waals surface area (Å²) < 4.78 is 1.75. The van der Waals surface area contributed by atoms with Crippen molar-refractivity contribution in [2.24, 2.45) is 13.0 Å². The topological polar surface area (TPSA) is 54.3 Å². The fourth-order valence-corrected chi connectivity index (χ4v) is 3.93. The fraction of sp³-hybridized carbons (Fsp3) is 0.588. The Balaban J connectivity index is 1.65. The highest BCUT2D eigenvalue weighted by Crippen LogP contribution is 2.25. The van der Waals surface area contributed by atoms with Crippen molar-refractivity contribution in [3.05, 3.63) is 23.5 Å². The lowest BCUT2D eigenvalue weighted by Crippen LogP contribution is -2.35. The van der Waals surface area contributed by atoms with Crippen molar-refractivity contribution in [3.63, 3.8) is 0 Å². The summed E-state index contributed by atoms with van der Waals surface area (Å²) in [6.07, 6.45) is 6.43. The monoisotopic (exact) mass is 347 g/mol. The Kier molecular flexibility index (Phi) is 5.30. The van der Waals surface area contributed by atoms with E-state index < -0.39 is 0 Å². The number of hydrogen-bond donors (Lipinski definition) is 0. The molecule has 1 aliphatic rings. The molecule has 1 amide bonds. The third-order valence-corrected chi connectivity index (χ3v) is 5.20. The van der Waals surface area contributed by atoms with Crippen LogP contribution in [0.2, 0.25) is 0 Å². The predicted molar refractivity (Wildman–Crippen MR) is 96.1 cm³/mol. The van der Waals surface area contributed by atoms with Crippen LogP contribution in [0.5, 0.6) is 0 Å². The Morgan fingerprint density at radius 3 is 2.79 bits per heavy atom. The molecule has 1 aliphatic heterocycles. The van der Waals surface area contributed by atoms with Gasteiger partial charge in [-0.3, -0.25) is 9.48 Å². The van der Waals surface area contributed by atoms with Gasteiger partial charge in [0.2, 0.25) is 0 Å². The third-order valence-electron chi connectivity index (χ3n) is 4.17. The zero-order valence-electron chi connectivity index (χ0n) is 14.6. The number of amides is 1. The van der Waals surface area contributed by atoms with Gasteiger partial charge in [0, 0.05) is 45.0 Å². The van der Waals surface area contributed by atoms with Crippen molar-refractivity contribution >= 4 is 17.2 Å². The Hall–Kier alpha value is -1.73. The number of nitrogens with zero attached hydrogens (tertiary/aromatic N) is 5. The molecule has 7 heteroatoms. The van der Waals surface area contributed by atoms with E-state index in [-0.39, 0.29) is 5.91 Å². The number of carbonyl (C=O) groups is 1. The molecule has 3 rings (SSSR count). The molecule has 24 heavy (non-hydrogen) atoms. The fourth-order valence-electron chi connectivity index (χ4n) is 3.07. The van der Waals surface area contributed by atoms with Crippen molar-refractivity contribution < 1.29 is 4.79 Å². The zero-order valence-corrected chi connectivity index (χ0v) is 15.4. The van der Waals surface area contributed by atoms with Crippen molar-refractivity contribution in [2.75, 3.05) is 32.7 Å². The van der Waals surface area contributed by atoms with Gasteiger partial charge >= 0.3 is 0 Å². The zero-order chi connectivity index (χ0) is 17.1. The van der Waals surface area contributed by atoms with Crippen LogP contribution in [0.25, 0.3) is 10.6 Å². The average molecular weight is 347 g/mol. The normalized spacial score (nSPS) is 16.6. The van der Waals surface area contributed by atoms with Crippen molar-refractivity contribution in [1.29, 1.82) is 0 Å². The summed E-state index contributed by atoms with van der Waals surface area (Å²) >= 11 is 1.45. The first kappa shape index (κ1) is 17.1. The van der Waals surface area contributed by atoms with Gasteiger partial charge in [0.1, 0.15) is 9.88 Å². The minimum Gasteiger partial charge on any atom is -0.337 e.